The molecule has 32 heavy (non-hydrogen) atoms. The number of sulfonamides is 1. The van der Waals surface area contributed by atoms with Gasteiger partial charge >= 0.3 is 0 Å². The molecular formula is C22H33N5O4S. The van der Waals surface area contributed by atoms with Gasteiger partial charge in [0.25, 0.3) is 0 Å². The summed E-state index contributed by atoms with van der Waals surface area (Å²) in [4.78, 5) is 11.3. The Morgan fingerprint density at radius 2 is 1.75 bits per heavy atom. The van der Waals surface area contributed by atoms with E-state index in [4.69, 9.17) is 9.47 Å². The molecule has 1 aliphatic heterocycles. The van der Waals surface area contributed by atoms with Crippen LogP contribution < -0.4 is 24.4 Å². The lowest BCUT2D eigenvalue weighted by molar-refractivity contribution is 0.322. The van der Waals surface area contributed by atoms with Gasteiger partial charge in [-0.1, -0.05) is 0 Å². The first kappa shape index (κ1) is 24.1. The van der Waals surface area contributed by atoms with Crippen LogP contribution in [-0.2, 0) is 10.0 Å². The van der Waals surface area contributed by atoms with Crippen LogP contribution in [0.2, 0.25) is 0 Å². The first-order valence-corrected chi connectivity index (χ1v) is 12.6. The fraction of sp³-hybridized carbons (Fsp3) is 0.545. The summed E-state index contributed by atoms with van der Waals surface area (Å²) < 4.78 is 39.4. The lowest BCUT2D eigenvalue weighted by atomic mass is 10.1. The molecule has 2 aromatic rings. The molecule has 0 aliphatic carbocycles. The number of hydrogen-bond acceptors (Lipinski definition) is 8. The largest absolute Gasteiger partial charge is 0.494 e. The maximum Gasteiger partial charge on any atom is 0.244 e. The third kappa shape index (κ3) is 6.46. The van der Waals surface area contributed by atoms with Crippen LogP contribution in [-0.4, -0.2) is 57.8 Å². The Morgan fingerprint density at radius 3 is 2.47 bits per heavy atom. The van der Waals surface area contributed by atoms with Gasteiger partial charge in [0.1, 0.15) is 33.9 Å². The third-order valence-corrected chi connectivity index (χ3v) is 6.53. The highest BCUT2D eigenvalue weighted by Crippen LogP contribution is 2.28. The maximum atomic E-state index is 12.9. The molecule has 1 aliphatic rings. The average Bonchev–Trinajstić information content (AvgIpc) is 2.78. The summed E-state index contributed by atoms with van der Waals surface area (Å²) in [5.41, 5.74) is 0. The Balaban J connectivity index is 1.63. The Morgan fingerprint density at radius 1 is 1.00 bits per heavy atom. The van der Waals surface area contributed by atoms with E-state index in [-0.39, 0.29) is 11.4 Å². The summed E-state index contributed by atoms with van der Waals surface area (Å²) in [6.45, 7) is 8.90. The molecule has 1 fully saturated rings. The van der Waals surface area contributed by atoms with Crippen molar-refractivity contribution in [1.82, 2.24) is 14.7 Å². The predicted molar refractivity (Wildman–Crippen MR) is 125 cm³/mol. The van der Waals surface area contributed by atoms with Crippen molar-refractivity contribution in [2.45, 2.75) is 44.9 Å². The van der Waals surface area contributed by atoms with Crippen molar-refractivity contribution in [2.24, 2.45) is 0 Å². The highest BCUT2D eigenvalue weighted by Gasteiger charge is 2.21. The second kappa shape index (κ2) is 11.3. The van der Waals surface area contributed by atoms with Gasteiger partial charge in [-0.15, -0.1) is 0 Å². The Labute approximate surface area is 190 Å². The van der Waals surface area contributed by atoms with Gasteiger partial charge in [0.15, 0.2) is 0 Å². The van der Waals surface area contributed by atoms with Gasteiger partial charge in [0.2, 0.25) is 10.0 Å². The smallest absolute Gasteiger partial charge is 0.244 e. The minimum absolute atomic E-state index is 0.0653. The lowest BCUT2D eigenvalue weighted by Crippen LogP contribution is -2.31. The van der Waals surface area contributed by atoms with Crippen LogP contribution in [0.5, 0.6) is 11.5 Å². The molecule has 1 aromatic carbocycles. The predicted octanol–water partition coefficient (Wildman–Crippen LogP) is 2.96. The number of aromatic nitrogens is 2. The van der Waals surface area contributed by atoms with Gasteiger partial charge in [0, 0.05) is 38.3 Å². The fourth-order valence-electron chi connectivity index (χ4n) is 3.61. The second-order valence-electron chi connectivity index (χ2n) is 7.51. The minimum Gasteiger partial charge on any atom is -0.494 e. The quantitative estimate of drug-likeness (QED) is 0.490. The number of ether oxygens (including phenoxy) is 2. The van der Waals surface area contributed by atoms with E-state index in [1.165, 1.54) is 25.3 Å². The fourth-order valence-corrected chi connectivity index (χ4v) is 4.80. The molecule has 0 unspecified atom stereocenters. The molecule has 0 amide bonds. The Kier molecular flexibility index (Phi) is 8.52. The topological polar surface area (TPSA) is 106 Å². The molecule has 0 radical (unpaired) electrons. The van der Waals surface area contributed by atoms with E-state index in [0.29, 0.717) is 42.9 Å². The summed E-state index contributed by atoms with van der Waals surface area (Å²) in [5.74, 6) is 3.07. The third-order valence-electron chi connectivity index (χ3n) is 5.04. The van der Waals surface area contributed by atoms with Gasteiger partial charge in [-0.25, -0.2) is 23.1 Å². The number of piperidine rings is 1. The van der Waals surface area contributed by atoms with Gasteiger partial charge in [-0.05, 0) is 52.2 Å². The van der Waals surface area contributed by atoms with Crippen LogP contribution in [0.15, 0.2) is 29.2 Å². The first-order chi connectivity index (χ1) is 15.4. The molecule has 2 N–H and O–H groups in total. The van der Waals surface area contributed by atoms with E-state index in [2.05, 4.69) is 24.9 Å². The molecule has 1 aromatic heterocycles. The summed E-state index contributed by atoms with van der Waals surface area (Å²) >= 11 is 0. The van der Waals surface area contributed by atoms with Crippen LogP contribution in [0.25, 0.3) is 0 Å². The van der Waals surface area contributed by atoms with Gasteiger partial charge < -0.3 is 19.7 Å². The number of nitrogens with zero attached hydrogens (tertiary/aromatic N) is 3. The standard InChI is InChI=1S/C22H33N5O4S/c1-4-30-18-9-10-19(31-5-2)20(15-18)32(28,29)24-12-11-23-21-16-22(26-17(3)25-21)27-13-7-6-8-14-27/h9-10,15-16,24H,4-8,11-14H2,1-3H3,(H,23,25,26). The number of nitrogens with one attached hydrogen (secondary N) is 2. The van der Waals surface area contributed by atoms with E-state index in [9.17, 15) is 8.42 Å². The SMILES string of the molecule is CCOc1ccc(OCC)c(S(=O)(=O)NCCNc2cc(N3CCCCC3)nc(C)n2)c1. The molecular weight excluding hydrogens is 430 g/mol. The highest BCUT2D eigenvalue weighted by molar-refractivity contribution is 7.89. The van der Waals surface area contributed by atoms with Crippen molar-refractivity contribution in [2.75, 3.05) is 49.6 Å². The van der Waals surface area contributed by atoms with E-state index in [1.807, 2.05) is 26.8 Å². The molecule has 0 spiro atoms. The van der Waals surface area contributed by atoms with Crippen molar-refractivity contribution in [3.8, 4) is 11.5 Å². The van der Waals surface area contributed by atoms with Crippen LogP contribution in [0.1, 0.15) is 38.9 Å². The van der Waals surface area contributed by atoms with Crippen molar-refractivity contribution in [3.05, 3.63) is 30.1 Å². The molecule has 0 atom stereocenters. The van der Waals surface area contributed by atoms with E-state index >= 15 is 0 Å². The molecule has 3 rings (SSSR count). The summed E-state index contributed by atoms with van der Waals surface area (Å²) in [7, 11) is -3.78. The van der Waals surface area contributed by atoms with E-state index < -0.39 is 10.0 Å². The average molecular weight is 464 g/mol. The monoisotopic (exact) mass is 463 g/mol. The molecule has 0 saturated carbocycles. The van der Waals surface area contributed by atoms with Gasteiger partial charge in [-0.3, -0.25) is 0 Å². The maximum absolute atomic E-state index is 12.9. The van der Waals surface area contributed by atoms with E-state index in [0.717, 1.165) is 18.9 Å². The molecule has 2 heterocycles. The van der Waals surface area contributed by atoms with Crippen LogP contribution in [0, 0.1) is 6.92 Å². The van der Waals surface area contributed by atoms with E-state index in [1.54, 1.807) is 12.1 Å². The highest BCUT2D eigenvalue weighted by atomic mass is 32.2. The first-order valence-electron chi connectivity index (χ1n) is 11.2. The summed E-state index contributed by atoms with van der Waals surface area (Å²) in [5, 5.41) is 3.20. The zero-order valence-corrected chi connectivity index (χ0v) is 19.9. The second-order valence-corrected chi connectivity index (χ2v) is 9.24. The Bertz CT molecular complexity index is 994. The molecule has 9 nitrogen and oxygen atoms in total. The number of benzene rings is 1. The zero-order chi connectivity index (χ0) is 23.0. The van der Waals surface area contributed by atoms with Crippen molar-refractivity contribution in [1.29, 1.82) is 0 Å². The molecule has 176 valence electrons. The minimum atomic E-state index is -3.78. The van der Waals surface area contributed by atoms with Crippen molar-refractivity contribution >= 4 is 21.7 Å². The van der Waals surface area contributed by atoms with Gasteiger partial charge in [-0.2, -0.15) is 0 Å². The summed E-state index contributed by atoms with van der Waals surface area (Å²) in [6, 6.07) is 6.73. The van der Waals surface area contributed by atoms with Crippen molar-refractivity contribution in [3.63, 3.8) is 0 Å². The molecule has 1 saturated heterocycles. The molecule has 0 bridgehead atoms. The number of aryl methyl sites for hydroxylation is 1. The number of rotatable bonds is 11. The number of anilines is 2. The van der Waals surface area contributed by atoms with Crippen LogP contribution in [0.3, 0.4) is 0 Å². The Hall–Kier alpha value is -2.59. The van der Waals surface area contributed by atoms with Crippen LogP contribution >= 0.6 is 0 Å². The summed E-state index contributed by atoms with van der Waals surface area (Å²) in [6.07, 6.45) is 3.59. The zero-order valence-electron chi connectivity index (χ0n) is 19.1. The van der Waals surface area contributed by atoms with Crippen molar-refractivity contribution < 1.29 is 17.9 Å². The number of hydrogen-bond donors (Lipinski definition) is 2. The lowest BCUT2D eigenvalue weighted by Gasteiger charge is -2.28. The van der Waals surface area contributed by atoms with Gasteiger partial charge in [0.05, 0.1) is 13.2 Å². The molecule has 10 heteroatoms. The van der Waals surface area contributed by atoms with Crippen LogP contribution in [0.4, 0.5) is 11.6 Å². The normalized spacial score (nSPS) is 14.3.